The zero-order chi connectivity index (χ0) is 12.9. The summed E-state index contributed by atoms with van der Waals surface area (Å²) in [6.07, 6.45) is 2.95. The second-order valence-electron chi connectivity index (χ2n) is 4.16. The van der Waals surface area contributed by atoms with Gasteiger partial charge in [0.05, 0.1) is 0 Å². The van der Waals surface area contributed by atoms with E-state index in [1.807, 2.05) is 30.3 Å². The van der Waals surface area contributed by atoms with Crippen LogP contribution in [0.5, 0.6) is 0 Å². The van der Waals surface area contributed by atoms with Crippen LogP contribution in [0.2, 0.25) is 0 Å². The van der Waals surface area contributed by atoms with Crippen molar-refractivity contribution < 1.29 is 14.7 Å². The van der Waals surface area contributed by atoms with Gasteiger partial charge in [-0.1, -0.05) is 30.3 Å². The van der Waals surface area contributed by atoms with E-state index in [1.54, 1.807) is 6.08 Å². The van der Waals surface area contributed by atoms with Gasteiger partial charge in [0.1, 0.15) is 5.54 Å². The zero-order valence-corrected chi connectivity index (χ0v) is 9.81. The maximum atomic E-state index is 11.5. The van der Waals surface area contributed by atoms with Crippen molar-refractivity contribution in [3.05, 3.63) is 42.0 Å². The van der Waals surface area contributed by atoms with Gasteiger partial charge in [0.25, 0.3) is 0 Å². The van der Waals surface area contributed by atoms with Gasteiger partial charge in [0.2, 0.25) is 5.91 Å². The van der Waals surface area contributed by atoms with E-state index < -0.39 is 17.4 Å². The molecule has 0 atom stereocenters. The SMILES string of the molecule is CC(C)(NC(=O)C=Cc1ccccc1)C(=O)O. The average molecular weight is 233 g/mol. The Balaban J connectivity index is 2.62. The van der Waals surface area contributed by atoms with Crippen molar-refractivity contribution in [1.82, 2.24) is 5.32 Å². The molecule has 1 aromatic carbocycles. The van der Waals surface area contributed by atoms with E-state index in [9.17, 15) is 9.59 Å². The summed E-state index contributed by atoms with van der Waals surface area (Å²) in [5.74, 6) is -1.50. The first kappa shape index (κ1) is 13.0. The molecule has 4 nitrogen and oxygen atoms in total. The molecule has 4 heteroatoms. The van der Waals surface area contributed by atoms with Gasteiger partial charge in [0.15, 0.2) is 0 Å². The first-order chi connectivity index (χ1) is 7.92. The van der Waals surface area contributed by atoms with E-state index in [1.165, 1.54) is 19.9 Å². The van der Waals surface area contributed by atoms with Gasteiger partial charge in [-0.2, -0.15) is 0 Å². The van der Waals surface area contributed by atoms with Crippen LogP contribution < -0.4 is 5.32 Å². The molecule has 0 spiro atoms. The Morgan fingerprint density at radius 3 is 2.35 bits per heavy atom. The summed E-state index contributed by atoms with van der Waals surface area (Å²) in [6.45, 7) is 2.87. The molecule has 0 aliphatic rings. The van der Waals surface area contributed by atoms with Crippen LogP contribution in [0.4, 0.5) is 0 Å². The van der Waals surface area contributed by atoms with Crippen LogP contribution >= 0.6 is 0 Å². The molecule has 0 saturated heterocycles. The van der Waals surface area contributed by atoms with Gasteiger partial charge in [-0.05, 0) is 25.5 Å². The van der Waals surface area contributed by atoms with Gasteiger partial charge in [-0.25, -0.2) is 4.79 Å². The number of rotatable bonds is 4. The number of hydrogen-bond acceptors (Lipinski definition) is 2. The zero-order valence-electron chi connectivity index (χ0n) is 9.81. The van der Waals surface area contributed by atoms with Crippen LogP contribution in [-0.4, -0.2) is 22.5 Å². The minimum absolute atomic E-state index is 0.429. The monoisotopic (exact) mass is 233 g/mol. The molecule has 0 aliphatic carbocycles. The van der Waals surface area contributed by atoms with E-state index in [0.717, 1.165) is 5.56 Å². The number of benzene rings is 1. The van der Waals surface area contributed by atoms with E-state index in [-0.39, 0.29) is 0 Å². The summed E-state index contributed by atoms with van der Waals surface area (Å²) in [6, 6.07) is 9.31. The topological polar surface area (TPSA) is 66.4 Å². The Morgan fingerprint density at radius 2 is 1.82 bits per heavy atom. The number of amides is 1. The van der Waals surface area contributed by atoms with Gasteiger partial charge in [-0.15, -0.1) is 0 Å². The van der Waals surface area contributed by atoms with Crippen molar-refractivity contribution in [2.24, 2.45) is 0 Å². The standard InChI is InChI=1S/C13H15NO3/c1-13(2,12(16)17)14-11(15)9-8-10-6-4-3-5-7-10/h3-9H,1-2H3,(H,14,15)(H,16,17). The Labute approximate surface area is 100.0 Å². The fourth-order valence-electron chi connectivity index (χ4n) is 1.14. The lowest BCUT2D eigenvalue weighted by atomic mass is 10.1. The van der Waals surface area contributed by atoms with Crippen LogP contribution in [0.15, 0.2) is 36.4 Å². The Bertz CT molecular complexity index is 435. The number of hydrogen-bond donors (Lipinski definition) is 2. The quantitative estimate of drug-likeness (QED) is 0.777. The van der Waals surface area contributed by atoms with Crippen LogP contribution in [0.3, 0.4) is 0 Å². The van der Waals surface area contributed by atoms with Crippen molar-refractivity contribution in [1.29, 1.82) is 0 Å². The van der Waals surface area contributed by atoms with Crippen molar-refractivity contribution in [2.45, 2.75) is 19.4 Å². The molecule has 90 valence electrons. The summed E-state index contributed by atoms with van der Waals surface area (Å²) in [5.41, 5.74) is -0.381. The molecule has 1 aromatic rings. The van der Waals surface area contributed by atoms with Gasteiger partial charge in [-0.3, -0.25) is 4.79 Å². The number of carbonyl (C=O) groups is 2. The number of carbonyl (C=O) groups excluding carboxylic acids is 1. The van der Waals surface area contributed by atoms with E-state index >= 15 is 0 Å². The molecule has 0 heterocycles. The number of aliphatic carboxylic acids is 1. The smallest absolute Gasteiger partial charge is 0.328 e. The lowest BCUT2D eigenvalue weighted by molar-refractivity contribution is -0.145. The van der Waals surface area contributed by atoms with Gasteiger partial charge in [0, 0.05) is 6.08 Å². The number of carboxylic acid groups (broad SMARTS) is 1. The molecular weight excluding hydrogens is 218 g/mol. The molecule has 0 bridgehead atoms. The largest absolute Gasteiger partial charge is 0.480 e. The molecule has 0 aromatic heterocycles. The predicted octanol–water partition coefficient (Wildman–Crippen LogP) is 1.68. The number of nitrogens with one attached hydrogen (secondary N) is 1. The summed E-state index contributed by atoms with van der Waals surface area (Å²) >= 11 is 0. The maximum Gasteiger partial charge on any atom is 0.328 e. The predicted molar refractivity (Wildman–Crippen MR) is 65.3 cm³/mol. The highest BCUT2D eigenvalue weighted by atomic mass is 16.4. The maximum absolute atomic E-state index is 11.5. The van der Waals surface area contributed by atoms with E-state index in [0.29, 0.717) is 0 Å². The summed E-state index contributed by atoms with van der Waals surface area (Å²) in [5, 5.41) is 11.2. The lowest BCUT2D eigenvalue weighted by Crippen LogP contribution is -2.49. The first-order valence-corrected chi connectivity index (χ1v) is 5.20. The Kier molecular flexibility index (Phi) is 4.04. The second kappa shape index (κ2) is 5.30. The fourth-order valence-corrected chi connectivity index (χ4v) is 1.14. The third-order valence-electron chi connectivity index (χ3n) is 2.20. The third-order valence-corrected chi connectivity index (χ3v) is 2.20. The lowest BCUT2D eigenvalue weighted by Gasteiger charge is -2.19. The second-order valence-corrected chi connectivity index (χ2v) is 4.16. The summed E-state index contributed by atoms with van der Waals surface area (Å²) in [4.78, 5) is 22.3. The number of carboxylic acids is 1. The van der Waals surface area contributed by atoms with Crippen LogP contribution in [0.1, 0.15) is 19.4 Å². The van der Waals surface area contributed by atoms with Crippen LogP contribution in [0, 0.1) is 0 Å². The molecule has 0 unspecified atom stereocenters. The Morgan fingerprint density at radius 1 is 1.24 bits per heavy atom. The molecule has 17 heavy (non-hydrogen) atoms. The third kappa shape index (κ3) is 4.10. The Hall–Kier alpha value is -2.10. The van der Waals surface area contributed by atoms with Crippen LogP contribution in [-0.2, 0) is 9.59 Å². The molecule has 0 aliphatic heterocycles. The minimum Gasteiger partial charge on any atom is -0.480 e. The molecular formula is C13H15NO3. The molecule has 0 fully saturated rings. The van der Waals surface area contributed by atoms with Crippen LogP contribution in [0.25, 0.3) is 6.08 Å². The highest BCUT2D eigenvalue weighted by Crippen LogP contribution is 2.03. The highest BCUT2D eigenvalue weighted by Gasteiger charge is 2.27. The molecule has 0 radical (unpaired) electrons. The van der Waals surface area contributed by atoms with Crippen molar-refractivity contribution in [3.8, 4) is 0 Å². The van der Waals surface area contributed by atoms with E-state index in [4.69, 9.17) is 5.11 Å². The van der Waals surface area contributed by atoms with Crippen molar-refractivity contribution >= 4 is 18.0 Å². The highest BCUT2D eigenvalue weighted by molar-refractivity contribution is 5.95. The molecule has 1 rings (SSSR count). The molecule has 0 saturated carbocycles. The van der Waals surface area contributed by atoms with Crippen molar-refractivity contribution in [2.75, 3.05) is 0 Å². The molecule has 1 amide bonds. The normalized spacial score (nSPS) is 11.4. The summed E-state index contributed by atoms with van der Waals surface area (Å²) < 4.78 is 0. The first-order valence-electron chi connectivity index (χ1n) is 5.20. The summed E-state index contributed by atoms with van der Waals surface area (Å²) in [7, 11) is 0. The molecule has 2 N–H and O–H groups in total. The fraction of sp³-hybridized carbons (Fsp3) is 0.231. The average Bonchev–Trinajstić information content (AvgIpc) is 2.27. The van der Waals surface area contributed by atoms with Crippen molar-refractivity contribution in [3.63, 3.8) is 0 Å². The van der Waals surface area contributed by atoms with E-state index in [2.05, 4.69) is 5.32 Å². The van der Waals surface area contributed by atoms with Gasteiger partial charge < -0.3 is 10.4 Å². The van der Waals surface area contributed by atoms with Gasteiger partial charge >= 0.3 is 5.97 Å². The minimum atomic E-state index is -1.27.